The molecule has 0 aliphatic carbocycles. The van der Waals surface area contributed by atoms with Crippen LogP contribution in [0, 0.1) is 0 Å². The van der Waals surface area contributed by atoms with Gasteiger partial charge in [-0.05, 0) is 17.5 Å². The Kier molecular flexibility index (Phi) is 3.56. The van der Waals surface area contributed by atoms with E-state index in [1.54, 1.807) is 0 Å². The van der Waals surface area contributed by atoms with Gasteiger partial charge in [-0.1, -0.05) is 24.3 Å². The van der Waals surface area contributed by atoms with Crippen LogP contribution >= 0.6 is 0 Å². The highest BCUT2D eigenvalue weighted by Crippen LogP contribution is 2.17. The minimum absolute atomic E-state index is 0.417. The summed E-state index contributed by atoms with van der Waals surface area (Å²) in [5.74, 6) is -0.609. The molecule has 18 heavy (non-hydrogen) atoms. The number of hydrogen-bond donors (Lipinski definition) is 2. The Labute approximate surface area is 102 Å². The van der Waals surface area contributed by atoms with Crippen LogP contribution in [0.3, 0.4) is 0 Å². The third-order valence-corrected chi connectivity index (χ3v) is 2.86. The van der Waals surface area contributed by atoms with Crippen LogP contribution in [0.1, 0.15) is 11.1 Å². The van der Waals surface area contributed by atoms with E-state index in [9.17, 15) is 18.0 Å². The maximum absolute atomic E-state index is 12.0. The molecule has 1 heterocycles. The van der Waals surface area contributed by atoms with E-state index in [2.05, 4.69) is 5.32 Å². The molecule has 2 N–H and O–H groups in total. The Morgan fingerprint density at radius 3 is 2.67 bits per heavy atom. The number of amides is 1. The molecular weight excluding hydrogens is 245 g/mol. The predicted molar refractivity (Wildman–Crippen MR) is 59.8 cm³/mol. The van der Waals surface area contributed by atoms with Gasteiger partial charge in [-0.3, -0.25) is 4.79 Å². The number of carbonyl (C=O) groups is 1. The lowest BCUT2D eigenvalue weighted by Gasteiger charge is -2.25. The molecule has 0 bridgehead atoms. The predicted octanol–water partition coefficient (Wildman–Crippen LogP) is 1.38. The number of benzene rings is 1. The molecule has 3 nitrogen and oxygen atoms in total. The number of halogens is 3. The van der Waals surface area contributed by atoms with Crippen molar-refractivity contribution in [3.63, 3.8) is 0 Å². The summed E-state index contributed by atoms with van der Waals surface area (Å²) in [6.07, 6.45) is -3.96. The molecule has 0 spiro atoms. The van der Waals surface area contributed by atoms with E-state index >= 15 is 0 Å². The molecule has 6 heteroatoms. The summed E-state index contributed by atoms with van der Waals surface area (Å²) >= 11 is 0. The van der Waals surface area contributed by atoms with Crippen molar-refractivity contribution in [3.05, 3.63) is 35.4 Å². The molecule has 0 aromatic heterocycles. The van der Waals surface area contributed by atoms with Gasteiger partial charge in [-0.15, -0.1) is 0 Å². The lowest BCUT2D eigenvalue weighted by atomic mass is 9.95. The third kappa shape index (κ3) is 3.22. The first kappa shape index (κ1) is 12.9. The highest BCUT2D eigenvalue weighted by Gasteiger charge is 2.30. The molecule has 1 aromatic rings. The molecule has 1 aromatic carbocycles. The Balaban J connectivity index is 1.95. The zero-order valence-corrected chi connectivity index (χ0v) is 9.55. The van der Waals surface area contributed by atoms with Crippen LogP contribution in [-0.2, 0) is 17.8 Å². The summed E-state index contributed by atoms with van der Waals surface area (Å²) in [7, 11) is 0. The van der Waals surface area contributed by atoms with Crippen LogP contribution in [0.5, 0.6) is 0 Å². The first-order chi connectivity index (χ1) is 8.46. The lowest BCUT2D eigenvalue weighted by Crippen LogP contribution is -2.49. The molecule has 1 atom stereocenters. The van der Waals surface area contributed by atoms with E-state index in [-0.39, 0.29) is 0 Å². The normalized spacial score (nSPS) is 19.2. The minimum Gasteiger partial charge on any atom is -0.346 e. The van der Waals surface area contributed by atoms with Crippen LogP contribution in [0.25, 0.3) is 0 Å². The summed E-state index contributed by atoms with van der Waals surface area (Å²) in [4.78, 5) is 11.6. The van der Waals surface area contributed by atoms with Crippen LogP contribution in [0.4, 0.5) is 13.2 Å². The van der Waals surface area contributed by atoms with Gasteiger partial charge in [0.1, 0.15) is 6.54 Å². The number of alkyl halides is 3. The van der Waals surface area contributed by atoms with Gasteiger partial charge in [-0.25, -0.2) is 0 Å². The Bertz CT molecular complexity index is 445. The summed E-state index contributed by atoms with van der Waals surface area (Å²) in [6, 6.07) is 6.98. The van der Waals surface area contributed by atoms with Crippen molar-refractivity contribution in [2.24, 2.45) is 0 Å². The molecule has 0 saturated carbocycles. The molecule has 0 unspecified atom stereocenters. The van der Waals surface area contributed by atoms with Crippen molar-refractivity contribution in [1.82, 2.24) is 10.6 Å². The van der Waals surface area contributed by atoms with Crippen molar-refractivity contribution in [3.8, 4) is 0 Å². The van der Waals surface area contributed by atoms with Crippen molar-refractivity contribution in [1.29, 1.82) is 0 Å². The summed E-state index contributed by atoms with van der Waals surface area (Å²) < 4.78 is 36.0. The highest BCUT2D eigenvalue weighted by molar-refractivity contribution is 5.82. The fourth-order valence-corrected chi connectivity index (χ4v) is 1.95. The number of nitrogens with one attached hydrogen (secondary N) is 2. The van der Waals surface area contributed by atoms with E-state index in [1.165, 1.54) is 0 Å². The Hall–Kier alpha value is -1.56. The number of carbonyl (C=O) groups excluding carboxylic acids is 1. The first-order valence-electron chi connectivity index (χ1n) is 5.60. The molecule has 1 amide bonds. The van der Waals surface area contributed by atoms with Gasteiger partial charge >= 0.3 is 6.18 Å². The van der Waals surface area contributed by atoms with E-state index in [0.717, 1.165) is 11.1 Å². The molecule has 0 radical (unpaired) electrons. The van der Waals surface area contributed by atoms with Crippen LogP contribution in [-0.4, -0.2) is 24.7 Å². The number of rotatable bonds is 2. The van der Waals surface area contributed by atoms with Crippen molar-refractivity contribution in [2.75, 3.05) is 6.54 Å². The highest BCUT2D eigenvalue weighted by atomic mass is 19.4. The molecule has 1 aliphatic heterocycles. The lowest BCUT2D eigenvalue weighted by molar-refractivity contribution is -0.139. The second-order valence-corrected chi connectivity index (χ2v) is 4.24. The largest absolute Gasteiger partial charge is 0.405 e. The van der Waals surface area contributed by atoms with Crippen LogP contribution in [0.15, 0.2) is 24.3 Å². The Morgan fingerprint density at radius 2 is 2.00 bits per heavy atom. The number of hydrogen-bond acceptors (Lipinski definition) is 2. The summed E-state index contributed by atoms with van der Waals surface area (Å²) in [5, 5.41) is 4.83. The summed E-state index contributed by atoms with van der Waals surface area (Å²) in [5.41, 5.74) is 2.08. The maximum atomic E-state index is 12.0. The van der Waals surface area contributed by atoms with Crippen molar-refractivity contribution in [2.45, 2.75) is 25.2 Å². The molecule has 98 valence electrons. The van der Waals surface area contributed by atoms with Gasteiger partial charge in [0.25, 0.3) is 0 Å². The van der Waals surface area contributed by atoms with Gasteiger partial charge in [0.15, 0.2) is 0 Å². The molecular formula is C12H13F3N2O. The van der Waals surface area contributed by atoms with E-state index < -0.39 is 24.7 Å². The van der Waals surface area contributed by atoms with Crippen molar-refractivity contribution < 1.29 is 18.0 Å². The quantitative estimate of drug-likeness (QED) is 0.841. The topological polar surface area (TPSA) is 41.1 Å². The van der Waals surface area contributed by atoms with E-state index in [4.69, 9.17) is 0 Å². The third-order valence-electron chi connectivity index (χ3n) is 2.86. The minimum atomic E-state index is -4.37. The van der Waals surface area contributed by atoms with Crippen LogP contribution in [0.2, 0.25) is 0 Å². The van der Waals surface area contributed by atoms with E-state index in [0.29, 0.717) is 13.0 Å². The number of fused-ring (bicyclic) bond motifs is 1. The smallest absolute Gasteiger partial charge is 0.346 e. The van der Waals surface area contributed by atoms with Gasteiger partial charge in [0.05, 0.1) is 6.04 Å². The zero-order valence-electron chi connectivity index (χ0n) is 9.55. The SMILES string of the molecule is O=C(NCC(F)(F)F)[C@@H]1Cc2ccccc2CN1. The maximum Gasteiger partial charge on any atom is 0.405 e. The molecule has 0 fully saturated rings. The fourth-order valence-electron chi connectivity index (χ4n) is 1.95. The van der Waals surface area contributed by atoms with Crippen molar-refractivity contribution >= 4 is 5.91 Å². The van der Waals surface area contributed by atoms with Gasteiger partial charge < -0.3 is 10.6 Å². The average molecular weight is 258 g/mol. The standard InChI is InChI=1S/C12H13F3N2O/c13-12(14,15)7-17-11(18)10-5-8-3-1-2-4-9(8)6-16-10/h1-4,10,16H,5-7H2,(H,17,18)/t10-/m0/s1. The van der Waals surface area contributed by atoms with Crippen LogP contribution < -0.4 is 10.6 Å². The second-order valence-electron chi connectivity index (χ2n) is 4.24. The second kappa shape index (κ2) is 4.97. The fraction of sp³-hybridized carbons (Fsp3) is 0.417. The zero-order chi connectivity index (χ0) is 13.2. The Morgan fingerprint density at radius 1 is 1.33 bits per heavy atom. The first-order valence-corrected chi connectivity index (χ1v) is 5.60. The molecule has 1 aliphatic rings. The monoisotopic (exact) mass is 258 g/mol. The van der Waals surface area contributed by atoms with E-state index in [1.807, 2.05) is 29.6 Å². The van der Waals surface area contributed by atoms with Gasteiger partial charge in [-0.2, -0.15) is 13.2 Å². The van der Waals surface area contributed by atoms with Gasteiger partial charge in [0.2, 0.25) is 5.91 Å². The molecule has 2 rings (SSSR count). The average Bonchev–Trinajstić information content (AvgIpc) is 2.34. The molecule has 0 saturated heterocycles. The van der Waals surface area contributed by atoms with Gasteiger partial charge in [0, 0.05) is 6.54 Å². The summed E-state index contributed by atoms with van der Waals surface area (Å²) in [6.45, 7) is -0.786.